The van der Waals surface area contributed by atoms with E-state index in [9.17, 15) is 17.2 Å². The number of amidine groups is 1. The highest BCUT2D eigenvalue weighted by molar-refractivity contribution is 7.93. The van der Waals surface area contributed by atoms with Gasteiger partial charge in [-0.3, -0.25) is 9.98 Å². The molecule has 0 saturated carbocycles. The highest BCUT2D eigenvalue weighted by atomic mass is 32.2. The van der Waals surface area contributed by atoms with E-state index >= 15 is 0 Å². The van der Waals surface area contributed by atoms with Gasteiger partial charge in [0.15, 0.2) is 9.84 Å². The number of nitrogens with two attached hydrogens (primary N) is 1. The molecule has 156 valence electrons. The van der Waals surface area contributed by atoms with Gasteiger partial charge in [-0.25, -0.2) is 22.0 Å². The molecule has 2 N–H and O–H groups in total. The Kier molecular flexibility index (Phi) is 5.24. The van der Waals surface area contributed by atoms with Crippen molar-refractivity contribution >= 4 is 33.3 Å². The quantitative estimate of drug-likeness (QED) is 0.745. The Labute approximate surface area is 173 Å². The fourth-order valence-electron chi connectivity index (χ4n) is 3.14. The van der Waals surface area contributed by atoms with Gasteiger partial charge in [0.25, 0.3) is 0 Å². The Morgan fingerprint density at radius 3 is 2.53 bits per heavy atom. The van der Waals surface area contributed by atoms with Gasteiger partial charge >= 0.3 is 0 Å². The lowest BCUT2D eigenvalue weighted by Crippen LogP contribution is -2.55. The average Bonchev–Trinajstić information content (AvgIpc) is 2.67. The van der Waals surface area contributed by atoms with E-state index in [1.54, 1.807) is 0 Å². The van der Waals surface area contributed by atoms with Crippen LogP contribution in [0.5, 0.6) is 0 Å². The lowest BCUT2D eigenvalue weighted by molar-refractivity contribution is 0.475. The van der Waals surface area contributed by atoms with Crippen LogP contribution in [0.15, 0.2) is 41.5 Å². The van der Waals surface area contributed by atoms with Gasteiger partial charge in [0.2, 0.25) is 5.69 Å². The van der Waals surface area contributed by atoms with Crippen LogP contribution in [0.1, 0.15) is 37.6 Å². The zero-order valence-electron chi connectivity index (χ0n) is 16.6. The van der Waals surface area contributed by atoms with Crippen LogP contribution in [0.25, 0.3) is 16.7 Å². The third kappa shape index (κ3) is 3.71. The fourth-order valence-corrected chi connectivity index (χ4v) is 4.82. The van der Waals surface area contributed by atoms with Gasteiger partial charge in [0.1, 0.15) is 27.8 Å². The molecule has 0 spiro atoms. The summed E-state index contributed by atoms with van der Waals surface area (Å²) in [6.45, 7) is 11.3. The monoisotopic (exact) mass is 430 g/mol. The van der Waals surface area contributed by atoms with E-state index in [0.29, 0.717) is 5.56 Å². The zero-order valence-corrected chi connectivity index (χ0v) is 17.5. The van der Waals surface area contributed by atoms with Gasteiger partial charge < -0.3 is 5.73 Å². The lowest BCUT2D eigenvalue weighted by Gasteiger charge is -2.38. The summed E-state index contributed by atoms with van der Waals surface area (Å²) >= 11 is 0. The number of sulfone groups is 1. The van der Waals surface area contributed by atoms with Crippen LogP contribution in [-0.4, -0.2) is 29.7 Å². The topological polar surface area (TPSA) is 89.8 Å². The number of halogens is 2. The van der Waals surface area contributed by atoms with Gasteiger partial charge in [-0.2, -0.15) is 0 Å². The molecule has 0 amide bonds. The number of benzene rings is 1. The molecule has 2 heterocycles. The van der Waals surface area contributed by atoms with Crippen molar-refractivity contribution < 1.29 is 17.2 Å². The molecule has 0 saturated heterocycles. The summed E-state index contributed by atoms with van der Waals surface area (Å²) in [5.74, 6) is -1.89. The second-order valence-electron chi connectivity index (χ2n) is 7.79. The third-order valence-corrected chi connectivity index (χ3v) is 7.92. The van der Waals surface area contributed by atoms with Crippen LogP contribution in [0, 0.1) is 12.4 Å². The second kappa shape index (κ2) is 7.29. The molecule has 1 aliphatic heterocycles. The molecule has 0 unspecified atom stereocenters. The average molecular weight is 430 g/mol. The molecular formula is C21H20F2N4O2S. The maximum atomic E-state index is 14.7. The van der Waals surface area contributed by atoms with Crippen molar-refractivity contribution in [3.05, 3.63) is 70.6 Å². The van der Waals surface area contributed by atoms with Crippen molar-refractivity contribution in [2.75, 3.05) is 5.75 Å². The molecule has 30 heavy (non-hydrogen) atoms. The van der Waals surface area contributed by atoms with E-state index in [-0.39, 0.29) is 22.8 Å². The first-order chi connectivity index (χ1) is 13.9. The number of aliphatic imine (C=N–C) groups is 1. The van der Waals surface area contributed by atoms with Crippen LogP contribution in [0.4, 0.5) is 14.5 Å². The maximum absolute atomic E-state index is 14.7. The summed E-state index contributed by atoms with van der Waals surface area (Å²) in [6, 6.07) is 6.65. The number of hydrogen-bond donors (Lipinski definition) is 1. The first-order valence-electron chi connectivity index (χ1n) is 8.99. The van der Waals surface area contributed by atoms with Crippen molar-refractivity contribution in [1.29, 1.82) is 0 Å². The van der Waals surface area contributed by atoms with Crippen LogP contribution < -0.4 is 5.73 Å². The van der Waals surface area contributed by atoms with Crippen molar-refractivity contribution in [1.82, 2.24) is 4.98 Å². The minimum atomic E-state index is -3.71. The maximum Gasteiger partial charge on any atom is 0.205 e. The lowest BCUT2D eigenvalue weighted by atomic mass is 9.91. The molecule has 9 heteroatoms. The van der Waals surface area contributed by atoms with Crippen molar-refractivity contribution in [3.8, 4) is 0 Å². The summed E-state index contributed by atoms with van der Waals surface area (Å²) < 4.78 is 53.4. The third-order valence-electron chi connectivity index (χ3n) is 5.22. The number of aromatic nitrogens is 1. The molecule has 6 nitrogen and oxygen atoms in total. The molecule has 0 fully saturated rings. The number of nitrogens with zero attached hydrogens (tertiary/aromatic N) is 3. The Bertz CT molecular complexity index is 1210. The zero-order chi connectivity index (χ0) is 22.3. The van der Waals surface area contributed by atoms with Crippen LogP contribution in [0.2, 0.25) is 0 Å². The second-order valence-corrected chi connectivity index (χ2v) is 10.3. The van der Waals surface area contributed by atoms with E-state index < -0.39 is 37.5 Å². The predicted molar refractivity (Wildman–Crippen MR) is 113 cm³/mol. The first kappa shape index (κ1) is 21.6. The fraction of sp³-hybridized carbons (Fsp3) is 0.286. The molecule has 1 atom stereocenters. The highest BCUT2D eigenvalue weighted by Gasteiger charge is 2.49. The molecule has 1 aromatic heterocycles. The Morgan fingerprint density at radius 2 is 1.97 bits per heavy atom. The summed E-state index contributed by atoms with van der Waals surface area (Å²) in [5.41, 5.74) is 5.07. The van der Waals surface area contributed by atoms with Crippen LogP contribution in [0.3, 0.4) is 0 Å². The number of hydrogen-bond acceptors (Lipinski definition) is 5. The summed E-state index contributed by atoms with van der Waals surface area (Å²) in [7, 11) is -3.71. The Morgan fingerprint density at radius 1 is 1.27 bits per heavy atom. The van der Waals surface area contributed by atoms with Crippen LogP contribution in [-0.2, 0) is 15.4 Å². The van der Waals surface area contributed by atoms with E-state index in [1.165, 1.54) is 51.2 Å². The van der Waals surface area contributed by atoms with Gasteiger partial charge in [-0.15, -0.1) is 0 Å². The summed E-state index contributed by atoms with van der Waals surface area (Å²) in [4.78, 5) is 11.4. The summed E-state index contributed by atoms with van der Waals surface area (Å²) in [5, 5.41) is 0. The van der Waals surface area contributed by atoms with Crippen molar-refractivity contribution in [2.45, 2.75) is 31.1 Å². The minimum absolute atomic E-state index is 0.00221. The van der Waals surface area contributed by atoms with E-state index in [4.69, 9.17) is 12.3 Å². The van der Waals surface area contributed by atoms with Gasteiger partial charge in [0, 0.05) is 11.8 Å². The molecule has 2 aromatic rings. The number of rotatable bonds is 3. The molecule has 1 aliphatic rings. The molecule has 1 aromatic carbocycles. The van der Waals surface area contributed by atoms with Gasteiger partial charge in [0.05, 0.1) is 18.0 Å². The standard InChI is InChI=1S/C21H20F2N4O2S/c1-20(2)19(24)27-21(3,12-30(20,28)29)15-9-13(5-7-16(15)22)10-17(23)18-8-6-14(25-4)11-26-18/h5-11H,12H2,1-3H3,(H2,24,27)/b17-10-/t21-/m0/s1. The molecule has 3 rings (SSSR count). The molecule has 0 radical (unpaired) electrons. The Hall–Kier alpha value is -3.12. The molecular weight excluding hydrogens is 410 g/mol. The first-order valence-corrected chi connectivity index (χ1v) is 10.6. The normalized spacial score (nSPS) is 22.8. The van der Waals surface area contributed by atoms with Crippen LogP contribution >= 0.6 is 0 Å². The molecule has 0 aliphatic carbocycles. The largest absolute Gasteiger partial charge is 0.386 e. The smallest absolute Gasteiger partial charge is 0.205 e. The van der Waals surface area contributed by atoms with Gasteiger partial charge in [-0.1, -0.05) is 12.1 Å². The SMILES string of the molecule is [C-]#[N+]c1ccc(/C(F)=C/c2ccc(F)c([C@]3(C)CS(=O)(=O)C(C)(C)C(N)=N3)c2)nc1. The number of pyridine rings is 1. The Balaban J connectivity index is 2.06. The minimum Gasteiger partial charge on any atom is -0.386 e. The van der Waals surface area contributed by atoms with E-state index in [2.05, 4.69) is 14.8 Å². The summed E-state index contributed by atoms with van der Waals surface area (Å²) in [6.07, 6.45) is 2.40. The van der Waals surface area contributed by atoms with E-state index in [1.807, 2.05) is 0 Å². The highest BCUT2D eigenvalue weighted by Crippen LogP contribution is 2.38. The van der Waals surface area contributed by atoms with E-state index in [0.717, 1.165) is 12.1 Å². The van der Waals surface area contributed by atoms with Crippen molar-refractivity contribution in [3.63, 3.8) is 0 Å². The predicted octanol–water partition coefficient (Wildman–Crippen LogP) is 4.02. The van der Waals surface area contributed by atoms with Gasteiger partial charge in [-0.05, 0) is 50.6 Å². The molecule has 0 bridgehead atoms. The van der Waals surface area contributed by atoms with Crippen molar-refractivity contribution in [2.24, 2.45) is 10.7 Å².